The Kier molecular flexibility index (Phi) is 4.53. The summed E-state index contributed by atoms with van der Waals surface area (Å²) in [7, 11) is 0. The molecule has 0 aromatic heterocycles. The van der Waals surface area contributed by atoms with Crippen LogP contribution in [0.4, 0.5) is 10.1 Å². The first-order chi connectivity index (χ1) is 8.66. The van der Waals surface area contributed by atoms with Crippen molar-refractivity contribution in [3.8, 4) is 0 Å². The molecule has 18 heavy (non-hydrogen) atoms. The van der Waals surface area contributed by atoms with Crippen LogP contribution in [0, 0.1) is 5.82 Å². The normalized spacial score (nSPS) is 17.2. The lowest BCUT2D eigenvalue weighted by molar-refractivity contribution is 0.616. The molecule has 0 aliphatic heterocycles. The number of thiocarbonyl (C=S) groups is 1. The van der Waals surface area contributed by atoms with Crippen LogP contribution in [-0.2, 0) is 0 Å². The third-order valence-electron chi connectivity index (χ3n) is 3.46. The van der Waals surface area contributed by atoms with E-state index < -0.39 is 0 Å². The van der Waals surface area contributed by atoms with Crippen molar-refractivity contribution in [3.05, 3.63) is 29.6 Å². The highest BCUT2D eigenvalue weighted by molar-refractivity contribution is 7.80. The van der Waals surface area contributed by atoms with Gasteiger partial charge >= 0.3 is 0 Å². The number of nitrogens with one attached hydrogen (secondary N) is 1. The van der Waals surface area contributed by atoms with Gasteiger partial charge in [-0.15, -0.1) is 0 Å². The summed E-state index contributed by atoms with van der Waals surface area (Å²) < 4.78 is 13.2. The van der Waals surface area contributed by atoms with Gasteiger partial charge in [-0.25, -0.2) is 4.39 Å². The van der Waals surface area contributed by atoms with E-state index in [1.807, 2.05) is 0 Å². The Bertz CT molecular complexity index is 426. The summed E-state index contributed by atoms with van der Waals surface area (Å²) in [6, 6.07) is 5.03. The molecule has 1 aromatic rings. The SMILES string of the molecule is NC(=S)c1cc(F)ccc1NC1CCCCCC1. The molecule has 2 rings (SSSR count). The number of hydrogen-bond donors (Lipinski definition) is 2. The first kappa shape index (κ1) is 13.3. The predicted molar refractivity (Wildman–Crippen MR) is 77.4 cm³/mol. The molecule has 0 heterocycles. The molecule has 0 unspecified atom stereocenters. The van der Waals surface area contributed by atoms with Gasteiger partial charge in [0.2, 0.25) is 0 Å². The molecule has 1 aliphatic rings. The van der Waals surface area contributed by atoms with Gasteiger partial charge in [0.1, 0.15) is 10.8 Å². The summed E-state index contributed by atoms with van der Waals surface area (Å²) in [5.41, 5.74) is 7.11. The number of hydrogen-bond acceptors (Lipinski definition) is 2. The molecule has 98 valence electrons. The Morgan fingerprint density at radius 2 is 1.89 bits per heavy atom. The van der Waals surface area contributed by atoms with E-state index in [-0.39, 0.29) is 10.8 Å². The lowest BCUT2D eigenvalue weighted by Gasteiger charge is -2.19. The van der Waals surface area contributed by atoms with Crippen molar-refractivity contribution >= 4 is 22.9 Å². The predicted octanol–water partition coefficient (Wildman–Crippen LogP) is 3.59. The van der Waals surface area contributed by atoms with Crippen LogP contribution in [0.25, 0.3) is 0 Å². The number of rotatable bonds is 3. The molecule has 0 bridgehead atoms. The smallest absolute Gasteiger partial charge is 0.124 e. The maximum atomic E-state index is 13.2. The molecule has 1 aromatic carbocycles. The molecule has 1 aliphatic carbocycles. The molecule has 3 N–H and O–H groups in total. The third-order valence-corrected chi connectivity index (χ3v) is 3.68. The highest BCUT2D eigenvalue weighted by Crippen LogP contribution is 2.24. The zero-order valence-corrected chi connectivity index (χ0v) is 11.2. The van der Waals surface area contributed by atoms with Crippen molar-refractivity contribution < 1.29 is 4.39 Å². The molecule has 2 nitrogen and oxygen atoms in total. The van der Waals surface area contributed by atoms with Gasteiger partial charge in [-0.2, -0.15) is 0 Å². The molecule has 0 atom stereocenters. The molecule has 0 spiro atoms. The average molecular weight is 266 g/mol. The van der Waals surface area contributed by atoms with E-state index in [1.165, 1.54) is 37.8 Å². The van der Waals surface area contributed by atoms with E-state index in [2.05, 4.69) is 5.32 Å². The van der Waals surface area contributed by atoms with Gasteiger partial charge in [-0.1, -0.05) is 37.9 Å². The Morgan fingerprint density at radius 1 is 1.22 bits per heavy atom. The molecular formula is C14H19FN2S. The first-order valence-electron chi connectivity index (χ1n) is 6.52. The molecular weight excluding hydrogens is 247 g/mol. The fourth-order valence-corrected chi connectivity index (χ4v) is 2.66. The summed E-state index contributed by atoms with van der Waals surface area (Å²) in [5.74, 6) is -0.302. The molecule has 1 saturated carbocycles. The topological polar surface area (TPSA) is 38.0 Å². The second-order valence-electron chi connectivity index (χ2n) is 4.89. The zero-order chi connectivity index (χ0) is 13.0. The lowest BCUT2D eigenvalue weighted by Crippen LogP contribution is -2.21. The van der Waals surface area contributed by atoms with Crippen molar-refractivity contribution in [2.45, 2.75) is 44.6 Å². The average Bonchev–Trinajstić information content (AvgIpc) is 2.60. The number of benzene rings is 1. The fourth-order valence-electron chi connectivity index (χ4n) is 2.49. The second-order valence-corrected chi connectivity index (χ2v) is 5.33. The quantitative estimate of drug-likeness (QED) is 0.648. The van der Waals surface area contributed by atoms with E-state index in [4.69, 9.17) is 18.0 Å². The van der Waals surface area contributed by atoms with E-state index in [1.54, 1.807) is 6.07 Å². The largest absolute Gasteiger partial charge is 0.389 e. The summed E-state index contributed by atoms with van der Waals surface area (Å²) in [6.07, 6.45) is 7.44. The zero-order valence-electron chi connectivity index (χ0n) is 10.4. The standard InChI is InChI=1S/C14H19FN2S/c15-10-7-8-13(12(9-10)14(16)18)17-11-5-3-1-2-4-6-11/h7-9,11,17H,1-6H2,(H2,16,18). The molecule has 0 saturated heterocycles. The Labute approximate surface area is 113 Å². The minimum absolute atomic E-state index is 0.241. The van der Waals surface area contributed by atoms with Crippen LogP contribution in [0.15, 0.2) is 18.2 Å². The van der Waals surface area contributed by atoms with Gasteiger partial charge in [0, 0.05) is 17.3 Å². The highest BCUT2D eigenvalue weighted by atomic mass is 32.1. The monoisotopic (exact) mass is 266 g/mol. The molecule has 0 radical (unpaired) electrons. The summed E-state index contributed by atoms with van der Waals surface area (Å²) >= 11 is 4.97. The number of anilines is 1. The molecule has 4 heteroatoms. The minimum Gasteiger partial charge on any atom is -0.389 e. The fraction of sp³-hybridized carbons (Fsp3) is 0.500. The van der Waals surface area contributed by atoms with Gasteiger partial charge in [-0.3, -0.25) is 0 Å². The van der Waals surface area contributed by atoms with Crippen molar-refractivity contribution in [2.75, 3.05) is 5.32 Å². The van der Waals surface area contributed by atoms with Gasteiger partial charge in [0.15, 0.2) is 0 Å². The molecule has 1 fully saturated rings. The second kappa shape index (κ2) is 6.14. The Balaban J connectivity index is 2.14. The van der Waals surface area contributed by atoms with E-state index in [0.717, 1.165) is 18.5 Å². The van der Waals surface area contributed by atoms with E-state index >= 15 is 0 Å². The van der Waals surface area contributed by atoms with Crippen LogP contribution in [-0.4, -0.2) is 11.0 Å². The Hall–Kier alpha value is -1.16. The minimum atomic E-state index is -0.302. The number of nitrogens with two attached hydrogens (primary N) is 1. The summed E-state index contributed by atoms with van der Waals surface area (Å²) in [6.45, 7) is 0. The van der Waals surface area contributed by atoms with Gasteiger partial charge < -0.3 is 11.1 Å². The van der Waals surface area contributed by atoms with Gasteiger partial charge in [-0.05, 0) is 31.0 Å². The van der Waals surface area contributed by atoms with Crippen molar-refractivity contribution in [2.24, 2.45) is 5.73 Å². The maximum absolute atomic E-state index is 13.2. The maximum Gasteiger partial charge on any atom is 0.124 e. The highest BCUT2D eigenvalue weighted by Gasteiger charge is 2.14. The summed E-state index contributed by atoms with van der Waals surface area (Å²) in [5, 5.41) is 3.46. The van der Waals surface area contributed by atoms with Crippen LogP contribution < -0.4 is 11.1 Å². The number of halogens is 1. The van der Waals surface area contributed by atoms with Gasteiger partial charge in [0.25, 0.3) is 0 Å². The van der Waals surface area contributed by atoms with Gasteiger partial charge in [0.05, 0.1) is 0 Å². The van der Waals surface area contributed by atoms with E-state index in [9.17, 15) is 4.39 Å². The van der Waals surface area contributed by atoms with Crippen LogP contribution >= 0.6 is 12.2 Å². The van der Waals surface area contributed by atoms with Crippen LogP contribution in [0.2, 0.25) is 0 Å². The third kappa shape index (κ3) is 3.42. The van der Waals surface area contributed by atoms with Crippen molar-refractivity contribution in [1.82, 2.24) is 0 Å². The summed E-state index contributed by atoms with van der Waals surface area (Å²) in [4.78, 5) is 0.241. The van der Waals surface area contributed by atoms with Crippen molar-refractivity contribution in [3.63, 3.8) is 0 Å². The van der Waals surface area contributed by atoms with Crippen LogP contribution in [0.1, 0.15) is 44.1 Å². The van der Waals surface area contributed by atoms with Crippen LogP contribution in [0.3, 0.4) is 0 Å². The molecule has 0 amide bonds. The van der Waals surface area contributed by atoms with Crippen molar-refractivity contribution in [1.29, 1.82) is 0 Å². The van der Waals surface area contributed by atoms with E-state index in [0.29, 0.717) is 11.6 Å². The first-order valence-corrected chi connectivity index (χ1v) is 6.93. The lowest BCUT2D eigenvalue weighted by atomic mass is 10.1. The Morgan fingerprint density at radius 3 is 2.50 bits per heavy atom. The van der Waals surface area contributed by atoms with Crippen LogP contribution in [0.5, 0.6) is 0 Å².